The van der Waals surface area contributed by atoms with Crippen molar-refractivity contribution >= 4 is 23.1 Å². The van der Waals surface area contributed by atoms with E-state index in [1.54, 1.807) is 53.5 Å². The largest absolute Gasteiger partial charge is 0.306 e. The van der Waals surface area contributed by atoms with Crippen LogP contribution in [-0.2, 0) is 7.05 Å². The monoisotopic (exact) mass is 407 g/mol. The smallest absolute Gasteiger partial charge is 0.260 e. The lowest BCUT2D eigenvalue weighted by molar-refractivity contribution is 0.102. The molecule has 0 fully saturated rings. The van der Waals surface area contributed by atoms with E-state index in [0.717, 1.165) is 26.7 Å². The summed E-state index contributed by atoms with van der Waals surface area (Å²) in [4.78, 5) is 22.5. The van der Waals surface area contributed by atoms with Crippen LogP contribution in [0.2, 0.25) is 0 Å². The van der Waals surface area contributed by atoms with E-state index in [4.69, 9.17) is 4.98 Å². The summed E-state index contributed by atoms with van der Waals surface area (Å²) in [6, 6.07) is 8.06. The molecule has 1 N–H and O–H groups in total. The summed E-state index contributed by atoms with van der Waals surface area (Å²) >= 11 is 1.59. The molecular weight excluding hydrogens is 389 g/mol. The quantitative estimate of drug-likeness (QED) is 0.536. The maximum Gasteiger partial charge on any atom is 0.260 e. The number of rotatable bonds is 4. The molecule has 0 atom stereocenters. The molecule has 0 aliphatic heterocycles. The van der Waals surface area contributed by atoms with E-state index in [-0.39, 0.29) is 5.56 Å². The highest BCUT2D eigenvalue weighted by molar-refractivity contribution is 7.15. The zero-order valence-electron chi connectivity index (χ0n) is 16.1. The summed E-state index contributed by atoms with van der Waals surface area (Å²) in [7, 11) is 1.87. The summed E-state index contributed by atoms with van der Waals surface area (Å²) in [6.45, 7) is 3.70. The number of aryl methyl sites for hydroxylation is 3. The Bertz CT molecular complexity index is 1180. The molecule has 29 heavy (non-hydrogen) atoms. The number of nitrogens with one attached hydrogen (secondary N) is 1. The van der Waals surface area contributed by atoms with Gasteiger partial charge < -0.3 is 5.32 Å². The number of amides is 1. The van der Waals surface area contributed by atoms with Gasteiger partial charge in [0.1, 0.15) is 16.6 Å². The molecule has 0 saturated carbocycles. The van der Waals surface area contributed by atoms with E-state index in [1.165, 1.54) is 6.07 Å². The number of anilines is 1. The van der Waals surface area contributed by atoms with Gasteiger partial charge in [0.25, 0.3) is 5.91 Å². The maximum atomic E-state index is 14.0. The molecule has 0 spiro atoms. The fraction of sp³-hybridized carbons (Fsp3) is 0.143. The molecule has 1 aromatic carbocycles. The lowest BCUT2D eigenvalue weighted by Gasteiger charge is -2.08. The molecule has 0 unspecified atom stereocenters. The predicted octanol–water partition coefficient (Wildman–Crippen LogP) is 4.61. The summed E-state index contributed by atoms with van der Waals surface area (Å²) in [6.07, 6.45) is 5.35. The molecule has 146 valence electrons. The highest BCUT2D eigenvalue weighted by atomic mass is 32.1. The first-order valence-electron chi connectivity index (χ1n) is 8.91. The molecule has 0 aliphatic rings. The first kappa shape index (κ1) is 18.9. The van der Waals surface area contributed by atoms with E-state index >= 15 is 0 Å². The fourth-order valence-electron chi connectivity index (χ4n) is 3.03. The van der Waals surface area contributed by atoms with Crippen molar-refractivity contribution in [3.63, 3.8) is 0 Å². The van der Waals surface area contributed by atoms with Crippen molar-refractivity contribution in [2.75, 3.05) is 5.32 Å². The molecule has 0 radical (unpaired) electrons. The second kappa shape index (κ2) is 7.56. The van der Waals surface area contributed by atoms with Gasteiger partial charge in [-0.15, -0.1) is 11.3 Å². The van der Waals surface area contributed by atoms with Crippen molar-refractivity contribution in [3.8, 4) is 21.8 Å². The van der Waals surface area contributed by atoms with E-state index in [9.17, 15) is 9.18 Å². The van der Waals surface area contributed by atoms with Crippen molar-refractivity contribution in [3.05, 3.63) is 70.7 Å². The second-order valence-electron chi connectivity index (χ2n) is 6.64. The molecule has 0 aliphatic carbocycles. The van der Waals surface area contributed by atoms with Gasteiger partial charge in [0.05, 0.1) is 17.5 Å². The fourth-order valence-corrected chi connectivity index (χ4v) is 3.94. The minimum Gasteiger partial charge on any atom is -0.306 e. The lowest BCUT2D eigenvalue weighted by Crippen LogP contribution is -2.16. The molecule has 1 amide bonds. The van der Waals surface area contributed by atoms with Gasteiger partial charge in [-0.1, -0.05) is 12.1 Å². The number of pyridine rings is 1. The molecule has 3 aromatic heterocycles. The number of aromatic nitrogens is 4. The van der Waals surface area contributed by atoms with Gasteiger partial charge in [-0.25, -0.2) is 14.4 Å². The maximum absolute atomic E-state index is 14.0. The van der Waals surface area contributed by atoms with Crippen LogP contribution in [0.25, 0.3) is 21.8 Å². The average molecular weight is 407 g/mol. The Morgan fingerprint density at radius 1 is 1.14 bits per heavy atom. The first-order chi connectivity index (χ1) is 13.9. The van der Waals surface area contributed by atoms with Crippen LogP contribution in [0, 0.1) is 19.7 Å². The average Bonchev–Trinajstić information content (AvgIpc) is 3.28. The van der Waals surface area contributed by atoms with Gasteiger partial charge in [0, 0.05) is 35.4 Å². The molecule has 6 nitrogen and oxygen atoms in total. The minimum absolute atomic E-state index is 0.0230. The normalized spacial score (nSPS) is 10.9. The van der Waals surface area contributed by atoms with Gasteiger partial charge in [0.2, 0.25) is 0 Å². The number of benzene rings is 1. The van der Waals surface area contributed by atoms with Crippen molar-refractivity contribution in [1.29, 1.82) is 0 Å². The summed E-state index contributed by atoms with van der Waals surface area (Å²) in [5.41, 5.74) is 3.23. The number of nitrogens with zero attached hydrogens (tertiary/aromatic N) is 4. The van der Waals surface area contributed by atoms with E-state index in [1.807, 2.05) is 26.2 Å². The zero-order valence-corrected chi connectivity index (χ0v) is 16.9. The van der Waals surface area contributed by atoms with Crippen molar-refractivity contribution in [2.24, 2.45) is 7.05 Å². The van der Waals surface area contributed by atoms with E-state index in [0.29, 0.717) is 11.4 Å². The highest BCUT2D eigenvalue weighted by Gasteiger charge is 2.16. The number of halogens is 1. The highest BCUT2D eigenvalue weighted by Crippen LogP contribution is 2.33. The van der Waals surface area contributed by atoms with Crippen LogP contribution in [0.1, 0.15) is 20.8 Å². The Morgan fingerprint density at radius 2 is 1.97 bits per heavy atom. The van der Waals surface area contributed by atoms with Crippen LogP contribution >= 0.6 is 11.3 Å². The van der Waals surface area contributed by atoms with E-state index < -0.39 is 11.7 Å². The van der Waals surface area contributed by atoms with Gasteiger partial charge in [-0.3, -0.25) is 9.48 Å². The summed E-state index contributed by atoms with van der Waals surface area (Å²) < 4.78 is 15.7. The first-order valence-corrected chi connectivity index (χ1v) is 9.73. The number of carbonyl (C=O) groups is 1. The standard InChI is InChI=1S/C21H18FN5OS/c1-12-5-4-6-16(22)18(12)20(28)25-17-8-7-14(9-23-17)19-13(2)29-21(26-19)15-10-24-27(3)11-15/h4-11H,1-3H3,(H,23,25,28). The Labute approximate surface area is 171 Å². The third-order valence-electron chi connectivity index (χ3n) is 4.48. The SMILES string of the molecule is Cc1cccc(F)c1C(=O)Nc1ccc(-c2nc(-c3cnn(C)c3)sc2C)cn1. The van der Waals surface area contributed by atoms with Crippen LogP contribution in [0.4, 0.5) is 10.2 Å². The lowest BCUT2D eigenvalue weighted by atomic mass is 10.1. The third kappa shape index (κ3) is 3.79. The second-order valence-corrected chi connectivity index (χ2v) is 7.85. The predicted molar refractivity (Wildman–Crippen MR) is 111 cm³/mol. The van der Waals surface area contributed by atoms with Crippen LogP contribution in [0.3, 0.4) is 0 Å². The molecule has 8 heteroatoms. The van der Waals surface area contributed by atoms with Crippen LogP contribution in [0.15, 0.2) is 48.9 Å². The topological polar surface area (TPSA) is 72.7 Å². The van der Waals surface area contributed by atoms with Crippen LogP contribution in [-0.4, -0.2) is 25.7 Å². The number of hydrogen-bond acceptors (Lipinski definition) is 5. The molecule has 0 bridgehead atoms. The molecule has 4 aromatic rings. The van der Waals surface area contributed by atoms with Gasteiger partial charge in [-0.05, 0) is 37.6 Å². The Morgan fingerprint density at radius 3 is 2.62 bits per heavy atom. The Hall–Kier alpha value is -3.39. The van der Waals surface area contributed by atoms with Crippen molar-refractivity contribution in [1.82, 2.24) is 19.7 Å². The van der Waals surface area contributed by atoms with Crippen molar-refractivity contribution < 1.29 is 9.18 Å². The number of thiazole rings is 1. The Kier molecular flexibility index (Phi) is 4.94. The number of hydrogen-bond donors (Lipinski definition) is 1. The molecule has 3 heterocycles. The zero-order chi connectivity index (χ0) is 20.5. The molecular formula is C21H18FN5OS. The summed E-state index contributed by atoms with van der Waals surface area (Å²) in [5, 5.41) is 7.72. The van der Waals surface area contributed by atoms with Crippen LogP contribution < -0.4 is 5.32 Å². The minimum atomic E-state index is -0.555. The molecule has 0 saturated heterocycles. The van der Waals surface area contributed by atoms with Gasteiger partial charge >= 0.3 is 0 Å². The van der Waals surface area contributed by atoms with Crippen LogP contribution in [0.5, 0.6) is 0 Å². The third-order valence-corrected chi connectivity index (χ3v) is 5.50. The Balaban J connectivity index is 1.56. The number of carbonyl (C=O) groups excluding carboxylic acids is 1. The van der Waals surface area contributed by atoms with E-state index in [2.05, 4.69) is 15.4 Å². The summed E-state index contributed by atoms with van der Waals surface area (Å²) in [5.74, 6) is -0.730. The van der Waals surface area contributed by atoms with Gasteiger partial charge in [0.15, 0.2) is 0 Å². The van der Waals surface area contributed by atoms with Gasteiger partial charge in [-0.2, -0.15) is 5.10 Å². The molecule has 4 rings (SSSR count). The van der Waals surface area contributed by atoms with Crippen molar-refractivity contribution in [2.45, 2.75) is 13.8 Å².